The molecule has 2 atom stereocenters. The monoisotopic (exact) mass is 293 g/mol. The maximum absolute atomic E-state index is 11.8. The largest absolute Gasteiger partial charge is 0.368 e. The Morgan fingerprint density at radius 1 is 1.10 bits per heavy atom. The minimum absolute atomic E-state index is 0.173. The second-order valence-corrected chi connectivity index (χ2v) is 7.69. The highest BCUT2D eigenvalue weighted by molar-refractivity contribution is 5.85. The van der Waals surface area contributed by atoms with Gasteiger partial charge in [-0.1, -0.05) is 19.3 Å². The van der Waals surface area contributed by atoms with E-state index >= 15 is 0 Å². The lowest BCUT2D eigenvalue weighted by Gasteiger charge is -2.46. The Labute approximate surface area is 128 Å². The lowest BCUT2D eigenvalue weighted by molar-refractivity contribution is -0.124. The van der Waals surface area contributed by atoms with Crippen LogP contribution < -0.4 is 11.1 Å². The van der Waals surface area contributed by atoms with Crippen LogP contribution in [0.15, 0.2) is 0 Å². The van der Waals surface area contributed by atoms with E-state index in [0.717, 1.165) is 19.3 Å². The van der Waals surface area contributed by atoms with Crippen LogP contribution in [0, 0.1) is 5.41 Å². The smallest absolute Gasteiger partial charge is 0.237 e. The molecule has 4 heteroatoms. The van der Waals surface area contributed by atoms with Crippen LogP contribution in [-0.2, 0) is 4.79 Å². The van der Waals surface area contributed by atoms with Gasteiger partial charge in [-0.2, -0.15) is 0 Å². The Morgan fingerprint density at radius 3 is 2.29 bits per heavy atom. The molecule has 120 valence electrons. The van der Waals surface area contributed by atoms with Crippen molar-refractivity contribution in [3.05, 3.63) is 0 Å². The molecule has 1 aliphatic heterocycles. The molecular weight excluding hydrogens is 262 g/mol. The van der Waals surface area contributed by atoms with Crippen molar-refractivity contribution in [2.75, 3.05) is 20.1 Å². The van der Waals surface area contributed by atoms with Crippen molar-refractivity contribution in [3.8, 4) is 0 Å². The van der Waals surface area contributed by atoms with Crippen LogP contribution in [0.3, 0.4) is 0 Å². The summed E-state index contributed by atoms with van der Waals surface area (Å²) in [7, 11) is 1.88. The summed E-state index contributed by atoms with van der Waals surface area (Å²) in [5.41, 5.74) is 5.84. The average Bonchev–Trinajstić information content (AvgIpc) is 2.95. The van der Waals surface area contributed by atoms with Crippen molar-refractivity contribution >= 4 is 5.91 Å². The molecule has 0 radical (unpaired) electrons. The van der Waals surface area contributed by atoms with Crippen LogP contribution in [0.2, 0.25) is 0 Å². The zero-order valence-electron chi connectivity index (χ0n) is 13.5. The van der Waals surface area contributed by atoms with Gasteiger partial charge in [-0.25, -0.2) is 0 Å². The summed E-state index contributed by atoms with van der Waals surface area (Å²) in [4.78, 5) is 14.4. The Morgan fingerprint density at radius 2 is 1.76 bits per heavy atom. The van der Waals surface area contributed by atoms with Gasteiger partial charge >= 0.3 is 0 Å². The molecule has 3 aliphatic rings. The molecule has 4 nitrogen and oxygen atoms in total. The van der Waals surface area contributed by atoms with Gasteiger partial charge in [-0.15, -0.1) is 0 Å². The molecule has 1 amide bonds. The maximum atomic E-state index is 11.8. The quantitative estimate of drug-likeness (QED) is 0.837. The molecule has 3 rings (SSSR count). The number of amides is 1. The number of carbonyl (C=O) groups is 1. The van der Waals surface area contributed by atoms with E-state index in [1.807, 2.05) is 7.05 Å². The van der Waals surface area contributed by atoms with Gasteiger partial charge in [0.2, 0.25) is 5.91 Å². The molecule has 2 saturated carbocycles. The fourth-order valence-electron chi connectivity index (χ4n) is 5.07. The predicted molar refractivity (Wildman–Crippen MR) is 84.9 cm³/mol. The zero-order valence-corrected chi connectivity index (χ0v) is 13.5. The van der Waals surface area contributed by atoms with Crippen LogP contribution in [0.1, 0.15) is 64.2 Å². The second kappa shape index (κ2) is 5.88. The molecular formula is C17H31N3O. The minimum atomic E-state index is -0.454. The topological polar surface area (TPSA) is 58.4 Å². The SMILES string of the molecule is CNC1(C(N)=O)CCC(N2CCC3(CCCCC3)CC2)C1. The number of nitrogens with one attached hydrogen (secondary N) is 1. The fourth-order valence-corrected chi connectivity index (χ4v) is 5.07. The van der Waals surface area contributed by atoms with Crippen LogP contribution >= 0.6 is 0 Å². The number of rotatable bonds is 3. The summed E-state index contributed by atoms with van der Waals surface area (Å²) in [6, 6.07) is 0.547. The van der Waals surface area contributed by atoms with Crippen molar-refractivity contribution in [1.29, 1.82) is 0 Å². The average molecular weight is 293 g/mol. The molecule has 3 fully saturated rings. The van der Waals surface area contributed by atoms with Crippen molar-refractivity contribution < 1.29 is 4.79 Å². The maximum Gasteiger partial charge on any atom is 0.237 e. The summed E-state index contributed by atoms with van der Waals surface area (Å²) < 4.78 is 0. The van der Waals surface area contributed by atoms with E-state index in [1.54, 1.807) is 0 Å². The lowest BCUT2D eigenvalue weighted by Crippen LogP contribution is -2.53. The number of primary amides is 1. The summed E-state index contributed by atoms with van der Waals surface area (Å²) in [6.07, 6.45) is 12.9. The third-order valence-electron chi connectivity index (χ3n) is 6.73. The number of nitrogens with two attached hydrogens (primary N) is 1. The van der Waals surface area contributed by atoms with E-state index in [4.69, 9.17) is 5.73 Å². The molecule has 0 aromatic heterocycles. The predicted octanol–water partition coefficient (Wildman–Crippen LogP) is 2.03. The van der Waals surface area contributed by atoms with Gasteiger partial charge in [0.05, 0.1) is 5.54 Å². The van der Waals surface area contributed by atoms with E-state index in [2.05, 4.69) is 10.2 Å². The molecule has 0 aromatic rings. The van der Waals surface area contributed by atoms with Crippen LogP contribution in [0.5, 0.6) is 0 Å². The molecule has 1 saturated heterocycles. The summed E-state index contributed by atoms with van der Waals surface area (Å²) in [6.45, 7) is 2.45. The zero-order chi connectivity index (χ0) is 14.9. The van der Waals surface area contributed by atoms with Gasteiger partial charge in [0.25, 0.3) is 0 Å². The second-order valence-electron chi connectivity index (χ2n) is 7.69. The number of piperidine rings is 1. The summed E-state index contributed by atoms with van der Waals surface area (Å²) in [5, 5.41) is 3.20. The molecule has 2 aliphatic carbocycles. The van der Waals surface area contributed by atoms with E-state index in [0.29, 0.717) is 11.5 Å². The molecule has 2 unspecified atom stereocenters. The normalized spacial score (nSPS) is 36.9. The highest BCUT2D eigenvalue weighted by Crippen LogP contribution is 2.46. The number of nitrogens with zero attached hydrogens (tertiary/aromatic N) is 1. The first kappa shape index (κ1) is 15.3. The third-order valence-corrected chi connectivity index (χ3v) is 6.73. The first-order valence-electron chi connectivity index (χ1n) is 8.82. The van der Waals surface area contributed by atoms with Gasteiger partial charge in [0.1, 0.15) is 0 Å². The minimum Gasteiger partial charge on any atom is -0.368 e. The number of carbonyl (C=O) groups excluding carboxylic acids is 1. The molecule has 21 heavy (non-hydrogen) atoms. The number of hydrogen-bond acceptors (Lipinski definition) is 3. The first-order chi connectivity index (χ1) is 10.1. The fraction of sp³-hybridized carbons (Fsp3) is 0.941. The first-order valence-corrected chi connectivity index (χ1v) is 8.82. The van der Waals surface area contributed by atoms with Crippen LogP contribution in [0.25, 0.3) is 0 Å². The Bertz CT molecular complexity index is 381. The van der Waals surface area contributed by atoms with E-state index in [-0.39, 0.29) is 5.91 Å². The van der Waals surface area contributed by atoms with E-state index in [9.17, 15) is 4.79 Å². The van der Waals surface area contributed by atoms with E-state index < -0.39 is 5.54 Å². The van der Waals surface area contributed by atoms with Crippen molar-refractivity contribution in [2.45, 2.75) is 75.8 Å². The van der Waals surface area contributed by atoms with Crippen LogP contribution in [-0.4, -0.2) is 42.5 Å². The number of likely N-dealkylation sites (tertiary alicyclic amines) is 1. The van der Waals surface area contributed by atoms with Gasteiger partial charge < -0.3 is 16.0 Å². The third kappa shape index (κ3) is 2.85. The lowest BCUT2D eigenvalue weighted by atomic mass is 9.68. The van der Waals surface area contributed by atoms with Crippen molar-refractivity contribution in [2.24, 2.45) is 11.1 Å². The van der Waals surface area contributed by atoms with Gasteiger partial charge in [-0.05, 0) is 70.5 Å². The standard InChI is InChI=1S/C17H31N3O/c1-19-17(15(18)21)8-5-14(13-17)20-11-9-16(10-12-20)6-3-2-4-7-16/h14,19H,2-13H2,1H3,(H2,18,21). The Hall–Kier alpha value is -0.610. The Balaban J connectivity index is 1.57. The molecule has 1 heterocycles. The molecule has 0 bridgehead atoms. The van der Waals surface area contributed by atoms with Gasteiger partial charge in [-0.3, -0.25) is 4.79 Å². The van der Waals surface area contributed by atoms with E-state index in [1.165, 1.54) is 58.0 Å². The van der Waals surface area contributed by atoms with Crippen molar-refractivity contribution in [3.63, 3.8) is 0 Å². The van der Waals surface area contributed by atoms with Crippen molar-refractivity contribution in [1.82, 2.24) is 10.2 Å². The Kier molecular flexibility index (Phi) is 4.28. The molecule has 0 aromatic carbocycles. The van der Waals surface area contributed by atoms with Gasteiger partial charge in [0, 0.05) is 6.04 Å². The molecule has 1 spiro atoms. The summed E-state index contributed by atoms with van der Waals surface area (Å²) in [5.74, 6) is -0.173. The summed E-state index contributed by atoms with van der Waals surface area (Å²) >= 11 is 0. The van der Waals surface area contributed by atoms with Gasteiger partial charge in [0.15, 0.2) is 0 Å². The molecule has 3 N–H and O–H groups in total. The van der Waals surface area contributed by atoms with Crippen LogP contribution in [0.4, 0.5) is 0 Å². The highest BCUT2D eigenvalue weighted by atomic mass is 16.1. The number of hydrogen-bond donors (Lipinski definition) is 2. The number of likely N-dealkylation sites (N-methyl/N-ethyl adjacent to an activating group) is 1. The highest BCUT2D eigenvalue weighted by Gasteiger charge is 2.46.